The SMILES string of the molecule is c1ccc2c(c1)-c1cc(-c3ccc4sc5ccccc5c4c3)ccc1-c1cc3c4ccccc4c4ccccc4c3cc1-c1ccc(-c3ccc4sc5ccccc5c4c3)cc1-2.c1ccc2c(c1)-c1ccc(-c3ccc4sc5ccccc5c4c3)cc1-c1cc3c4ccccc4c4ccccc4c3cc1-c1ccc(-c3ccc4sc5ccccc5c4c3)cc1-2. The summed E-state index contributed by atoms with van der Waals surface area (Å²) in [5.41, 5.74) is 29.9. The van der Waals surface area contributed by atoms with E-state index in [0.717, 1.165) is 0 Å². The second kappa shape index (κ2) is 27.4. The molecule has 0 nitrogen and oxygen atoms in total. The van der Waals surface area contributed by atoms with Crippen LogP contribution in [0, 0.1) is 0 Å². The zero-order chi connectivity index (χ0) is 80.9. The maximum Gasteiger partial charge on any atom is 0.0355 e. The molecule has 0 saturated carbocycles. The van der Waals surface area contributed by atoms with Crippen LogP contribution >= 0.6 is 45.3 Å². The number of hydrogen-bond donors (Lipinski definition) is 0. The molecule has 0 fully saturated rings. The van der Waals surface area contributed by atoms with Crippen molar-refractivity contribution in [3.63, 3.8) is 0 Å². The van der Waals surface area contributed by atoms with E-state index in [9.17, 15) is 0 Å². The lowest BCUT2D eigenvalue weighted by Gasteiger charge is -2.25. The Morgan fingerprint density at radius 1 is 0.0887 bits per heavy atom. The van der Waals surface area contributed by atoms with Gasteiger partial charge in [-0.05, 0) is 319 Å². The standard InChI is InChI=1S/2C60H34S2/c1-5-15-43-39(11-1)40-12-2-6-16-44(40)52-34-54-50-30-36(38-24-28-60-56(32-38)48-18-8-10-20-58(48)62-60)21-25-45(50)41-13-3-4-14-42(41)49-29-35(22-26-46(49)53(54)33-51(43)52)37-23-27-59-55(31-37)47-17-7-9-19-57(47)61-59;1-3-13-41-39(11-1)40-12-2-4-14-42(40)52-34-54-46-26-22-36(38-24-28-60-56(32-38)48-18-8-10-20-58(48)62-60)30-50(46)44-16-6-5-15-43(44)49-29-35(21-25-45(49)53(54)33-51(41)52)37-23-27-59-55(31-37)47-17-7-9-19-57(47)61-59/h2*1-34H. The molecule has 4 heteroatoms. The maximum atomic E-state index is 2.51. The minimum absolute atomic E-state index is 1.22. The molecule has 0 unspecified atom stereocenters. The van der Waals surface area contributed by atoms with Crippen LogP contribution in [0.15, 0.2) is 413 Å². The zero-order valence-electron chi connectivity index (χ0n) is 66.9. The fourth-order valence-corrected chi connectivity index (χ4v) is 25.4. The van der Waals surface area contributed by atoms with Crippen LogP contribution in [0.3, 0.4) is 0 Å². The van der Waals surface area contributed by atoms with E-state index in [4.69, 9.17) is 0 Å². The topological polar surface area (TPSA) is 0 Å². The quantitative estimate of drug-likeness (QED) is 0.154. The predicted octanol–water partition coefficient (Wildman–Crippen LogP) is 36.4. The average Bonchev–Trinajstić information content (AvgIpc) is 1.11. The Morgan fingerprint density at radius 2 is 0.242 bits per heavy atom. The summed E-state index contributed by atoms with van der Waals surface area (Å²) < 4.78 is 10.6. The summed E-state index contributed by atoms with van der Waals surface area (Å²) >= 11 is 7.49. The van der Waals surface area contributed by atoms with E-state index in [2.05, 4.69) is 413 Å². The molecule has 0 N–H and O–H groups in total. The van der Waals surface area contributed by atoms with Crippen molar-refractivity contribution in [3.8, 4) is 134 Å². The molecule has 0 spiro atoms. The number of thiophene rings is 4. The summed E-state index contributed by atoms with van der Waals surface area (Å²) in [6.07, 6.45) is 0. The molecule has 22 aromatic carbocycles. The summed E-state index contributed by atoms with van der Waals surface area (Å²) in [7, 11) is 0. The van der Waals surface area contributed by atoms with Crippen LogP contribution in [0.4, 0.5) is 0 Å². The number of benzene rings is 22. The first-order valence-corrected chi connectivity index (χ1v) is 45.9. The van der Waals surface area contributed by atoms with Gasteiger partial charge in [0.1, 0.15) is 0 Å². The third-order valence-corrected chi connectivity index (χ3v) is 31.5. The van der Waals surface area contributed by atoms with E-state index in [1.54, 1.807) is 0 Å². The molecule has 0 atom stereocenters. The van der Waals surface area contributed by atoms with E-state index in [-0.39, 0.29) is 0 Å². The van der Waals surface area contributed by atoms with Gasteiger partial charge >= 0.3 is 0 Å². The Balaban J connectivity index is 0.000000130. The first kappa shape index (κ1) is 70.0. The third-order valence-electron chi connectivity index (χ3n) is 26.9. The van der Waals surface area contributed by atoms with Gasteiger partial charge in [0.25, 0.3) is 0 Å². The van der Waals surface area contributed by atoms with E-state index >= 15 is 0 Å². The molecule has 2 aliphatic rings. The molecule has 124 heavy (non-hydrogen) atoms. The van der Waals surface area contributed by atoms with Gasteiger partial charge in [-0.15, -0.1) is 45.3 Å². The molecule has 28 rings (SSSR count). The molecular weight excluding hydrogens is 1570 g/mol. The molecule has 4 aromatic heterocycles. The van der Waals surface area contributed by atoms with Gasteiger partial charge in [-0.2, -0.15) is 0 Å². The van der Waals surface area contributed by atoms with Gasteiger partial charge in [-0.1, -0.05) is 291 Å². The second-order valence-corrected chi connectivity index (χ2v) is 37.8. The summed E-state index contributed by atoms with van der Waals surface area (Å²) in [6.45, 7) is 0. The van der Waals surface area contributed by atoms with Crippen LogP contribution in [0.1, 0.15) is 0 Å². The van der Waals surface area contributed by atoms with E-state index in [1.807, 2.05) is 45.3 Å². The van der Waals surface area contributed by atoms with Crippen molar-refractivity contribution >= 4 is 191 Å². The van der Waals surface area contributed by atoms with Crippen LogP contribution in [-0.4, -0.2) is 0 Å². The van der Waals surface area contributed by atoms with Crippen molar-refractivity contribution in [2.24, 2.45) is 0 Å². The van der Waals surface area contributed by atoms with Crippen LogP contribution < -0.4 is 0 Å². The van der Waals surface area contributed by atoms with Crippen LogP contribution in [0.5, 0.6) is 0 Å². The first-order chi connectivity index (χ1) is 61.4. The highest BCUT2D eigenvalue weighted by molar-refractivity contribution is 7.27. The van der Waals surface area contributed by atoms with Gasteiger partial charge in [0, 0.05) is 80.7 Å². The number of rotatable bonds is 4. The number of hydrogen-bond acceptors (Lipinski definition) is 4. The molecule has 0 saturated heterocycles. The second-order valence-electron chi connectivity index (χ2n) is 33.4. The molecule has 0 aliphatic heterocycles. The van der Waals surface area contributed by atoms with Crippen molar-refractivity contribution in [2.45, 2.75) is 0 Å². The maximum absolute atomic E-state index is 2.51. The van der Waals surface area contributed by atoms with Gasteiger partial charge < -0.3 is 0 Å². The Kier molecular flexibility index (Phi) is 15.5. The van der Waals surface area contributed by atoms with Crippen LogP contribution in [0.2, 0.25) is 0 Å². The number of fused-ring (bicyclic) bond motifs is 40. The van der Waals surface area contributed by atoms with Crippen molar-refractivity contribution < 1.29 is 0 Å². The zero-order valence-corrected chi connectivity index (χ0v) is 70.2. The van der Waals surface area contributed by atoms with Gasteiger partial charge in [0.15, 0.2) is 0 Å². The van der Waals surface area contributed by atoms with Gasteiger partial charge in [0.2, 0.25) is 0 Å². The van der Waals surface area contributed by atoms with E-state index in [1.165, 1.54) is 279 Å². The Bertz CT molecular complexity index is 8890. The lowest BCUT2D eigenvalue weighted by Crippen LogP contribution is -1.99. The smallest absolute Gasteiger partial charge is 0.0355 e. The Morgan fingerprint density at radius 3 is 0.500 bits per heavy atom. The average molecular weight is 1640 g/mol. The van der Waals surface area contributed by atoms with Crippen molar-refractivity contribution in [1.82, 2.24) is 0 Å². The predicted molar refractivity (Wildman–Crippen MR) is 542 cm³/mol. The normalized spacial score (nSPS) is 12.2. The molecule has 0 bridgehead atoms. The fourth-order valence-electron chi connectivity index (χ4n) is 21.0. The molecule has 26 aromatic rings. The lowest BCUT2D eigenvalue weighted by molar-refractivity contribution is 1.53. The van der Waals surface area contributed by atoms with E-state index in [0.29, 0.717) is 0 Å². The van der Waals surface area contributed by atoms with Crippen LogP contribution in [-0.2, 0) is 0 Å². The largest absolute Gasteiger partial charge is 0.135 e. The monoisotopic (exact) mass is 1640 g/mol. The van der Waals surface area contributed by atoms with Crippen molar-refractivity contribution in [1.29, 1.82) is 0 Å². The summed E-state index contributed by atoms with van der Waals surface area (Å²) in [6, 6.07) is 156. The highest BCUT2D eigenvalue weighted by atomic mass is 32.1. The molecular formula is C120H68S4. The Hall–Kier alpha value is -14.7. The van der Waals surface area contributed by atoms with E-state index < -0.39 is 0 Å². The minimum atomic E-state index is 1.22. The highest BCUT2D eigenvalue weighted by Crippen LogP contribution is 2.56. The van der Waals surface area contributed by atoms with Crippen molar-refractivity contribution in [2.75, 3.05) is 0 Å². The van der Waals surface area contributed by atoms with Gasteiger partial charge in [0.05, 0.1) is 0 Å². The molecule has 572 valence electrons. The van der Waals surface area contributed by atoms with Crippen molar-refractivity contribution in [3.05, 3.63) is 413 Å². The molecule has 0 radical (unpaired) electrons. The Labute approximate surface area is 730 Å². The lowest BCUT2D eigenvalue weighted by atomic mass is 9.78. The third kappa shape index (κ3) is 10.8. The first-order valence-electron chi connectivity index (χ1n) is 42.6. The minimum Gasteiger partial charge on any atom is -0.135 e. The summed E-state index contributed by atoms with van der Waals surface area (Å²) in [5, 5.41) is 26.0. The highest BCUT2D eigenvalue weighted by Gasteiger charge is 2.29. The molecule has 2 aliphatic carbocycles. The summed E-state index contributed by atoms with van der Waals surface area (Å²) in [5.74, 6) is 0. The summed E-state index contributed by atoms with van der Waals surface area (Å²) in [4.78, 5) is 0. The molecule has 4 heterocycles. The van der Waals surface area contributed by atoms with Gasteiger partial charge in [-0.25, -0.2) is 0 Å². The van der Waals surface area contributed by atoms with Crippen LogP contribution in [0.25, 0.3) is 279 Å². The van der Waals surface area contributed by atoms with Gasteiger partial charge in [-0.3, -0.25) is 0 Å². The fraction of sp³-hybridized carbons (Fsp3) is 0. The molecule has 0 amide bonds.